The van der Waals surface area contributed by atoms with Crippen molar-refractivity contribution in [3.63, 3.8) is 0 Å². The number of nitrogens with one attached hydrogen (secondary N) is 1. The van der Waals surface area contributed by atoms with Crippen LogP contribution in [0.15, 0.2) is 69.6 Å². The van der Waals surface area contributed by atoms with E-state index in [9.17, 15) is 14.9 Å². The van der Waals surface area contributed by atoms with Gasteiger partial charge in [-0.25, -0.2) is 0 Å². The molecule has 0 fully saturated rings. The number of carbonyl (C=O) groups is 1. The van der Waals surface area contributed by atoms with Crippen LogP contribution in [0.25, 0.3) is 17.0 Å². The van der Waals surface area contributed by atoms with E-state index in [0.29, 0.717) is 16.0 Å². The number of anilines is 1. The van der Waals surface area contributed by atoms with Gasteiger partial charge in [0.25, 0.3) is 5.91 Å². The van der Waals surface area contributed by atoms with Crippen molar-refractivity contribution in [2.75, 3.05) is 5.32 Å². The van der Waals surface area contributed by atoms with E-state index in [-0.39, 0.29) is 28.3 Å². The first-order valence-electron chi connectivity index (χ1n) is 9.49. The molecule has 32 heavy (non-hydrogen) atoms. The van der Waals surface area contributed by atoms with Crippen LogP contribution in [-0.2, 0) is 11.4 Å². The molecule has 0 bridgehead atoms. The zero-order valence-corrected chi connectivity index (χ0v) is 17.7. The topological polar surface area (TPSA) is 118 Å². The maximum Gasteiger partial charge on any atom is 0.268 e. The van der Waals surface area contributed by atoms with E-state index in [0.717, 1.165) is 22.6 Å². The average Bonchev–Trinajstić information content (AvgIpc) is 3.25. The Kier molecular flexibility index (Phi) is 6.05. The lowest BCUT2D eigenvalue weighted by Crippen LogP contribution is -2.14. The smallest absolute Gasteiger partial charge is 0.268 e. The van der Waals surface area contributed by atoms with Crippen molar-refractivity contribution in [1.29, 1.82) is 5.26 Å². The molecule has 8 nitrogen and oxygen atoms in total. The van der Waals surface area contributed by atoms with E-state index in [1.54, 1.807) is 30.3 Å². The Morgan fingerprint density at radius 1 is 1.22 bits per heavy atom. The second-order valence-electron chi connectivity index (χ2n) is 6.70. The Morgan fingerprint density at radius 3 is 2.81 bits per heavy atom. The van der Waals surface area contributed by atoms with Crippen molar-refractivity contribution in [3.8, 4) is 11.8 Å². The van der Waals surface area contributed by atoms with Crippen molar-refractivity contribution in [2.45, 2.75) is 13.5 Å². The molecule has 0 radical (unpaired) electrons. The fourth-order valence-electron chi connectivity index (χ4n) is 2.88. The summed E-state index contributed by atoms with van der Waals surface area (Å²) in [6.45, 7) is 2.13. The number of aromatic nitrogens is 2. The Labute approximate surface area is 186 Å². The highest BCUT2D eigenvalue weighted by Crippen LogP contribution is 2.21. The quantitative estimate of drug-likeness (QED) is 0.352. The van der Waals surface area contributed by atoms with Gasteiger partial charge < -0.3 is 9.15 Å². The Bertz CT molecular complexity index is 1430. The van der Waals surface area contributed by atoms with Crippen LogP contribution in [0.1, 0.15) is 16.1 Å². The zero-order valence-electron chi connectivity index (χ0n) is 16.9. The maximum absolute atomic E-state index is 12.6. The summed E-state index contributed by atoms with van der Waals surface area (Å²) in [6, 6.07) is 16.1. The van der Waals surface area contributed by atoms with Crippen LogP contribution < -0.4 is 15.5 Å². The summed E-state index contributed by atoms with van der Waals surface area (Å²) < 4.78 is 11.1. The van der Waals surface area contributed by atoms with Crippen LogP contribution in [0.3, 0.4) is 0 Å². The Morgan fingerprint density at radius 2 is 2.00 bits per heavy atom. The highest BCUT2D eigenvalue weighted by atomic mass is 32.1. The Hall–Kier alpha value is -4.29. The number of fused-ring (bicyclic) bond motifs is 1. The molecule has 0 aliphatic rings. The second kappa shape index (κ2) is 9.24. The summed E-state index contributed by atoms with van der Waals surface area (Å²) in [7, 11) is 0. The number of nitrogens with zero attached hydrogens (tertiary/aromatic N) is 3. The van der Waals surface area contributed by atoms with Crippen molar-refractivity contribution < 1.29 is 13.9 Å². The number of rotatable bonds is 6. The molecule has 1 amide bonds. The summed E-state index contributed by atoms with van der Waals surface area (Å²) in [5.41, 5.74) is 0.916. The molecule has 0 atom stereocenters. The molecular formula is C23H16N4O4S. The molecular weight excluding hydrogens is 428 g/mol. The van der Waals surface area contributed by atoms with Crippen LogP contribution in [-0.4, -0.2) is 16.1 Å². The van der Waals surface area contributed by atoms with Gasteiger partial charge in [0.15, 0.2) is 10.4 Å². The SMILES string of the molecule is Cc1ccccc1OCc1nnc(NC(=O)C(C#N)=Cc2coc3ccccc3c2=O)s1. The molecule has 0 unspecified atom stereocenters. The van der Waals surface area contributed by atoms with Crippen LogP contribution >= 0.6 is 11.3 Å². The van der Waals surface area contributed by atoms with Gasteiger partial charge in [0.05, 0.1) is 10.9 Å². The summed E-state index contributed by atoms with van der Waals surface area (Å²) in [5, 5.41) is 21.0. The lowest BCUT2D eigenvalue weighted by Gasteiger charge is -2.06. The number of benzene rings is 2. The third-order valence-electron chi connectivity index (χ3n) is 4.50. The number of amides is 1. The summed E-state index contributed by atoms with van der Waals surface area (Å²) in [6.07, 6.45) is 2.41. The predicted octanol–water partition coefficient (Wildman–Crippen LogP) is 4.08. The molecule has 9 heteroatoms. The van der Waals surface area contributed by atoms with Crippen LogP contribution in [0.5, 0.6) is 5.75 Å². The number of aryl methyl sites for hydroxylation is 1. The minimum Gasteiger partial charge on any atom is -0.486 e. The molecule has 0 saturated heterocycles. The molecule has 1 N–H and O–H groups in total. The number of ether oxygens (including phenoxy) is 1. The third-order valence-corrected chi connectivity index (χ3v) is 5.32. The van der Waals surface area contributed by atoms with Gasteiger partial charge in [0.2, 0.25) is 5.13 Å². The standard InChI is InChI=1S/C23H16N4O4S/c1-14-6-2-4-8-18(14)31-13-20-26-27-23(32-20)25-22(29)15(11-24)10-16-12-30-19-9-5-3-7-17(19)21(16)28/h2-10,12H,13H2,1H3,(H,25,27,29). The van der Waals surface area contributed by atoms with Gasteiger partial charge in [-0.3, -0.25) is 14.9 Å². The van der Waals surface area contributed by atoms with E-state index in [1.807, 2.05) is 31.2 Å². The molecule has 0 aliphatic carbocycles. The lowest BCUT2D eigenvalue weighted by molar-refractivity contribution is -0.112. The highest BCUT2D eigenvalue weighted by molar-refractivity contribution is 7.15. The Balaban J connectivity index is 1.47. The predicted molar refractivity (Wildman–Crippen MR) is 120 cm³/mol. The zero-order chi connectivity index (χ0) is 22.5. The lowest BCUT2D eigenvalue weighted by atomic mass is 10.1. The fourth-order valence-corrected chi connectivity index (χ4v) is 3.53. The van der Waals surface area contributed by atoms with Gasteiger partial charge >= 0.3 is 0 Å². The van der Waals surface area contributed by atoms with E-state index in [1.165, 1.54) is 12.3 Å². The summed E-state index contributed by atoms with van der Waals surface area (Å²) >= 11 is 1.13. The first-order valence-corrected chi connectivity index (χ1v) is 10.3. The van der Waals surface area contributed by atoms with Gasteiger partial charge in [-0.2, -0.15) is 5.26 Å². The first-order chi connectivity index (χ1) is 15.5. The van der Waals surface area contributed by atoms with E-state index < -0.39 is 5.91 Å². The normalized spacial score (nSPS) is 11.2. The van der Waals surface area contributed by atoms with Crippen molar-refractivity contribution in [2.24, 2.45) is 0 Å². The maximum atomic E-state index is 12.6. The van der Waals surface area contributed by atoms with Gasteiger partial charge in [0, 0.05) is 0 Å². The summed E-state index contributed by atoms with van der Waals surface area (Å²) in [5.74, 6) is 0.0276. The molecule has 0 saturated carbocycles. The van der Waals surface area contributed by atoms with Crippen molar-refractivity contribution in [1.82, 2.24) is 10.2 Å². The molecule has 2 heterocycles. The molecule has 4 aromatic rings. The molecule has 4 rings (SSSR count). The minimum absolute atomic E-state index is 0.0972. The number of hydrogen-bond donors (Lipinski definition) is 1. The highest BCUT2D eigenvalue weighted by Gasteiger charge is 2.15. The summed E-state index contributed by atoms with van der Waals surface area (Å²) in [4.78, 5) is 25.1. The van der Waals surface area contributed by atoms with Gasteiger partial charge in [-0.15, -0.1) is 10.2 Å². The largest absolute Gasteiger partial charge is 0.486 e. The monoisotopic (exact) mass is 444 g/mol. The van der Waals surface area contributed by atoms with Gasteiger partial charge in [-0.1, -0.05) is 41.7 Å². The van der Waals surface area contributed by atoms with Crippen molar-refractivity contribution in [3.05, 3.63) is 86.7 Å². The van der Waals surface area contributed by atoms with Crippen molar-refractivity contribution >= 4 is 39.4 Å². The number of nitriles is 1. The number of hydrogen-bond acceptors (Lipinski definition) is 8. The number of carbonyl (C=O) groups excluding carboxylic acids is 1. The molecule has 0 aliphatic heterocycles. The van der Waals surface area contributed by atoms with Gasteiger partial charge in [-0.05, 0) is 36.8 Å². The second-order valence-corrected chi connectivity index (χ2v) is 7.76. The van der Waals surface area contributed by atoms with E-state index in [2.05, 4.69) is 15.5 Å². The van der Waals surface area contributed by atoms with Crippen LogP contribution in [0.4, 0.5) is 5.13 Å². The molecule has 0 spiro atoms. The van der Waals surface area contributed by atoms with Crippen LogP contribution in [0.2, 0.25) is 0 Å². The van der Waals surface area contributed by atoms with E-state index >= 15 is 0 Å². The number of para-hydroxylation sites is 2. The van der Waals surface area contributed by atoms with Gasteiger partial charge in [0.1, 0.15) is 35.8 Å². The third kappa shape index (κ3) is 4.55. The first kappa shape index (κ1) is 21.0. The molecule has 2 aromatic carbocycles. The van der Waals surface area contributed by atoms with Crippen LogP contribution in [0, 0.1) is 18.3 Å². The fraction of sp³-hybridized carbons (Fsp3) is 0.0870. The minimum atomic E-state index is -0.706. The molecule has 2 aromatic heterocycles. The molecule has 158 valence electrons. The average molecular weight is 444 g/mol. The van der Waals surface area contributed by atoms with E-state index in [4.69, 9.17) is 9.15 Å².